The van der Waals surface area contributed by atoms with Gasteiger partial charge in [-0.15, -0.1) is 11.3 Å². The average molecular weight is 238 g/mol. The molecule has 3 nitrogen and oxygen atoms in total. The van der Waals surface area contributed by atoms with Gasteiger partial charge >= 0.3 is 0 Å². The van der Waals surface area contributed by atoms with Crippen molar-refractivity contribution in [3.05, 3.63) is 16.1 Å². The van der Waals surface area contributed by atoms with Crippen LogP contribution in [0.3, 0.4) is 0 Å². The molecule has 0 spiro atoms. The molecule has 88 valence electrons. The Labute approximate surface area is 100 Å². The molecule has 2 rings (SSSR count). The highest BCUT2D eigenvalue weighted by atomic mass is 32.1. The van der Waals surface area contributed by atoms with Gasteiger partial charge in [-0.3, -0.25) is 9.69 Å². The largest absolute Gasteiger partial charge is 0.300 e. The number of likely N-dealkylation sites (tertiary alicyclic amines) is 1. The van der Waals surface area contributed by atoms with Crippen LogP contribution in [0, 0.1) is 0 Å². The summed E-state index contributed by atoms with van der Waals surface area (Å²) in [4.78, 5) is 19.0. The molecule has 1 unspecified atom stereocenters. The normalized spacial score (nSPS) is 22.2. The number of ketones is 1. The molecule has 1 saturated heterocycles. The molecule has 4 heteroatoms. The minimum absolute atomic E-state index is 0.215. The van der Waals surface area contributed by atoms with E-state index < -0.39 is 0 Å². The van der Waals surface area contributed by atoms with Crippen molar-refractivity contribution in [2.75, 3.05) is 13.6 Å². The summed E-state index contributed by atoms with van der Waals surface area (Å²) in [6, 6.07) is 0.472. The van der Waals surface area contributed by atoms with Crippen molar-refractivity contribution >= 4 is 17.1 Å². The Hall–Kier alpha value is -0.740. The predicted molar refractivity (Wildman–Crippen MR) is 65.7 cm³/mol. The van der Waals surface area contributed by atoms with Crippen LogP contribution in [0.2, 0.25) is 0 Å². The Morgan fingerprint density at radius 2 is 2.44 bits per heavy atom. The van der Waals surface area contributed by atoms with Gasteiger partial charge in [-0.05, 0) is 33.4 Å². The molecule has 0 N–H and O–H groups in total. The number of Topliss-reactive ketones (excluding diaryl/α,β-unsaturated/α-hetero) is 1. The standard InChI is InChI=1S/C12H18N2OS/c1-9(15)7-10-8-13-12(16-10)11-5-3-4-6-14(11)2/h8,11H,3-7H2,1-2H3. The van der Waals surface area contributed by atoms with E-state index in [1.165, 1.54) is 24.3 Å². The molecule has 1 aliphatic rings. The fraction of sp³-hybridized carbons (Fsp3) is 0.667. The van der Waals surface area contributed by atoms with Gasteiger partial charge < -0.3 is 0 Å². The SMILES string of the molecule is CC(=O)Cc1cnc(C2CCCCN2C)s1. The number of hydrogen-bond donors (Lipinski definition) is 0. The van der Waals surface area contributed by atoms with Crippen LogP contribution in [-0.4, -0.2) is 29.3 Å². The third-order valence-corrected chi connectivity index (χ3v) is 4.15. The van der Waals surface area contributed by atoms with E-state index in [0.717, 1.165) is 11.4 Å². The molecule has 0 radical (unpaired) electrons. The monoisotopic (exact) mass is 238 g/mol. The second-order valence-electron chi connectivity index (χ2n) is 4.54. The van der Waals surface area contributed by atoms with E-state index in [2.05, 4.69) is 16.9 Å². The Morgan fingerprint density at radius 3 is 3.12 bits per heavy atom. The summed E-state index contributed by atoms with van der Waals surface area (Å²) in [5, 5.41) is 1.18. The van der Waals surface area contributed by atoms with Crippen LogP contribution < -0.4 is 0 Å². The molecule has 0 aromatic carbocycles. The van der Waals surface area contributed by atoms with E-state index >= 15 is 0 Å². The maximum absolute atomic E-state index is 11.0. The van der Waals surface area contributed by atoms with E-state index in [1.807, 2.05) is 6.20 Å². The van der Waals surface area contributed by atoms with Crippen molar-refractivity contribution < 1.29 is 4.79 Å². The third kappa shape index (κ3) is 2.68. The van der Waals surface area contributed by atoms with Crippen molar-refractivity contribution in [2.45, 2.75) is 38.6 Å². The zero-order valence-electron chi connectivity index (χ0n) is 9.90. The lowest BCUT2D eigenvalue weighted by molar-refractivity contribution is -0.116. The summed E-state index contributed by atoms with van der Waals surface area (Å²) in [5.41, 5.74) is 0. The first-order valence-electron chi connectivity index (χ1n) is 5.81. The molecule has 2 heterocycles. The average Bonchev–Trinajstić information content (AvgIpc) is 2.66. The van der Waals surface area contributed by atoms with Crippen LogP contribution >= 0.6 is 11.3 Å². The van der Waals surface area contributed by atoms with Gasteiger partial charge in [0.15, 0.2) is 0 Å². The molecule has 1 aromatic rings. The Balaban J connectivity index is 2.08. The number of carbonyl (C=O) groups is 1. The summed E-state index contributed by atoms with van der Waals surface area (Å²) >= 11 is 1.70. The maximum Gasteiger partial charge on any atom is 0.135 e. The van der Waals surface area contributed by atoms with Crippen LogP contribution in [-0.2, 0) is 11.2 Å². The van der Waals surface area contributed by atoms with E-state index in [4.69, 9.17) is 0 Å². The van der Waals surface area contributed by atoms with Crippen LogP contribution in [0.1, 0.15) is 42.1 Å². The van der Waals surface area contributed by atoms with Gasteiger partial charge in [0.2, 0.25) is 0 Å². The van der Waals surface area contributed by atoms with Crippen molar-refractivity contribution in [1.29, 1.82) is 0 Å². The van der Waals surface area contributed by atoms with Gasteiger partial charge in [0, 0.05) is 17.5 Å². The second kappa shape index (κ2) is 5.06. The minimum atomic E-state index is 0.215. The highest BCUT2D eigenvalue weighted by Gasteiger charge is 2.23. The molecule has 0 amide bonds. The maximum atomic E-state index is 11.0. The Morgan fingerprint density at radius 1 is 1.62 bits per heavy atom. The molecular formula is C12H18N2OS. The molecule has 1 fully saturated rings. The molecule has 0 aliphatic carbocycles. The molecular weight excluding hydrogens is 220 g/mol. The lowest BCUT2D eigenvalue weighted by Crippen LogP contribution is -2.29. The van der Waals surface area contributed by atoms with Crippen LogP contribution in [0.5, 0.6) is 0 Å². The topological polar surface area (TPSA) is 33.2 Å². The van der Waals surface area contributed by atoms with Crippen molar-refractivity contribution in [1.82, 2.24) is 9.88 Å². The van der Waals surface area contributed by atoms with Gasteiger partial charge in [0.25, 0.3) is 0 Å². The number of carbonyl (C=O) groups excluding carboxylic acids is 1. The highest BCUT2D eigenvalue weighted by Crippen LogP contribution is 2.32. The molecule has 1 aromatic heterocycles. The van der Waals surface area contributed by atoms with Gasteiger partial charge in [0.05, 0.1) is 6.04 Å². The summed E-state index contributed by atoms with van der Waals surface area (Å²) < 4.78 is 0. The minimum Gasteiger partial charge on any atom is -0.300 e. The summed E-state index contributed by atoms with van der Waals surface area (Å²) in [6.07, 6.45) is 6.18. The smallest absolute Gasteiger partial charge is 0.135 e. The number of hydrogen-bond acceptors (Lipinski definition) is 4. The van der Waals surface area contributed by atoms with E-state index in [0.29, 0.717) is 12.5 Å². The molecule has 1 atom stereocenters. The van der Waals surface area contributed by atoms with E-state index in [9.17, 15) is 4.79 Å². The van der Waals surface area contributed by atoms with E-state index in [1.54, 1.807) is 18.3 Å². The Kier molecular flexibility index (Phi) is 3.71. The predicted octanol–water partition coefficient (Wildman–Crippen LogP) is 2.43. The van der Waals surface area contributed by atoms with E-state index in [-0.39, 0.29) is 5.78 Å². The lowest BCUT2D eigenvalue weighted by Gasteiger charge is -2.30. The number of aromatic nitrogens is 1. The molecule has 16 heavy (non-hydrogen) atoms. The summed E-state index contributed by atoms with van der Waals surface area (Å²) in [7, 11) is 2.16. The molecule has 0 bridgehead atoms. The second-order valence-corrected chi connectivity index (χ2v) is 5.68. The molecule has 1 aliphatic heterocycles. The number of thiazole rings is 1. The number of nitrogens with zero attached hydrogens (tertiary/aromatic N) is 2. The quantitative estimate of drug-likeness (QED) is 0.811. The Bertz CT molecular complexity index is 375. The lowest BCUT2D eigenvalue weighted by atomic mass is 10.0. The zero-order chi connectivity index (χ0) is 11.5. The first kappa shape index (κ1) is 11.7. The summed E-state index contributed by atoms with van der Waals surface area (Å²) in [5.74, 6) is 0.215. The highest BCUT2D eigenvalue weighted by molar-refractivity contribution is 7.11. The van der Waals surface area contributed by atoms with Crippen LogP contribution in [0.15, 0.2) is 6.20 Å². The first-order chi connectivity index (χ1) is 7.66. The fourth-order valence-electron chi connectivity index (χ4n) is 2.19. The third-order valence-electron chi connectivity index (χ3n) is 3.05. The van der Waals surface area contributed by atoms with Gasteiger partial charge in [-0.1, -0.05) is 6.42 Å². The van der Waals surface area contributed by atoms with Gasteiger partial charge in [-0.25, -0.2) is 4.98 Å². The zero-order valence-corrected chi connectivity index (χ0v) is 10.7. The number of rotatable bonds is 3. The van der Waals surface area contributed by atoms with Crippen molar-refractivity contribution in [3.8, 4) is 0 Å². The number of piperidine rings is 1. The summed E-state index contributed by atoms with van der Waals surface area (Å²) in [6.45, 7) is 2.79. The molecule has 0 saturated carbocycles. The van der Waals surface area contributed by atoms with Gasteiger partial charge in [0.1, 0.15) is 10.8 Å². The van der Waals surface area contributed by atoms with Crippen molar-refractivity contribution in [3.63, 3.8) is 0 Å². The van der Waals surface area contributed by atoms with Crippen molar-refractivity contribution in [2.24, 2.45) is 0 Å². The van der Waals surface area contributed by atoms with Crippen LogP contribution in [0.25, 0.3) is 0 Å². The first-order valence-corrected chi connectivity index (χ1v) is 6.63. The van der Waals surface area contributed by atoms with Gasteiger partial charge in [-0.2, -0.15) is 0 Å². The fourth-order valence-corrected chi connectivity index (χ4v) is 3.38. The van der Waals surface area contributed by atoms with Crippen LogP contribution in [0.4, 0.5) is 0 Å².